The van der Waals surface area contributed by atoms with Crippen LogP contribution in [0.15, 0.2) is 18.2 Å². The second-order valence-corrected chi connectivity index (χ2v) is 6.75. The molecule has 22 heavy (non-hydrogen) atoms. The van der Waals surface area contributed by atoms with Crippen LogP contribution in [0.1, 0.15) is 24.8 Å². The molecule has 0 bridgehead atoms. The molecule has 1 aromatic rings. The molecule has 5 nitrogen and oxygen atoms in total. The Morgan fingerprint density at radius 1 is 1.45 bits per heavy atom. The van der Waals surface area contributed by atoms with Gasteiger partial charge in [0, 0.05) is 13.1 Å². The quantitative estimate of drug-likeness (QED) is 0.877. The molecule has 0 unspecified atom stereocenters. The predicted octanol–water partition coefficient (Wildman–Crippen LogP) is 3.37. The molecule has 0 radical (unpaired) electrons. The molecule has 2 aliphatic rings. The van der Waals surface area contributed by atoms with E-state index in [4.69, 9.17) is 11.6 Å². The van der Waals surface area contributed by atoms with Gasteiger partial charge in [-0.25, -0.2) is 4.79 Å². The number of carboxylic acids is 1. The number of fused-ring (bicyclic) bond motifs is 1. The molecule has 1 aliphatic carbocycles. The second-order valence-electron chi connectivity index (χ2n) is 6.34. The van der Waals surface area contributed by atoms with Crippen LogP contribution in [0.2, 0.25) is 5.02 Å². The lowest BCUT2D eigenvalue weighted by Crippen LogP contribution is -2.38. The van der Waals surface area contributed by atoms with Crippen molar-refractivity contribution in [2.24, 2.45) is 11.3 Å². The number of carbonyl (C=O) groups is 2. The van der Waals surface area contributed by atoms with Crippen LogP contribution in [0.25, 0.3) is 0 Å². The molecule has 118 valence electrons. The first-order chi connectivity index (χ1) is 10.4. The van der Waals surface area contributed by atoms with Crippen LogP contribution >= 0.6 is 11.6 Å². The summed E-state index contributed by atoms with van der Waals surface area (Å²) in [5.41, 5.74) is 0.807. The van der Waals surface area contributed by atoms with Crippen molar-refractivity contribution >= 4 is 29.3 Å². The number of hydrogen-bond acceptors (Lipinski definition) is 2. The lowest BCUT2D eigenvalue weighted by Gasteiger charge is -2.23. The molecule has 1 aliphatic heterocycles. The molecule has 0 spiro atoms. The molecule has 1 heterocycles. The van der Waals surface area contributed by atoms with E-state index in [1.807, 2.05) is 19.1 Å². The zero-order valence-corrected chi connectivity index (χ0v) is 13.2. The summed E-state index contributed by atoms with van der Waals surface area (Å²) < 4.78 is 0. The Morgan fingerprint density at radius 3 is 2.91 bits per heavy atom. The van der Waals surface area contributed by atoms with Gasteiger partial charge in [0.05, 0.1) is 16.1 Å². The summed E-state index contributed by atoms with van der Waals surface area (Å²) in [5, 5.41) is 12.8. The Hall–Kier alpha value is -1.75. The van der Waals surface area contributed by atoms with E-state index in [0.717, 1.165) is 18.4 Å². The summed E-state index contributed by atoms with van der Waals surface area (Å²) in [6.45, 7) is 2.70. The molecule has 6 heteroatoms. The zero-order chi connectivity index (χ0) is 15.9. The number of anilines is 1. The van der Waals surface area contributed by atoms with Crippen LogP contribution in [0.4, 0.5) is 10.5 Å². The van der Waals surface area contributed by atoms with E-state index < -0.39 is 11.4 Å². The molecule has 2 atom stereocenters. The average Bonchev–Trinajstić information content (AvgIpc) is 3.00. The third-order valence-electron chi connectivity index (χ3n) is 4.95. The maximum Gasteiger partial charge on any atom is 0.321 e. The number of aryl methyl sites for hydroxylation is 1. The molecule has 1 saturated carbocycles. The third-order valence-corrected chi connectivity index (χ3v) is 5.28. The van der Waals surface area contributed by atoms with Gasteiger partial charge in [0.2, 0.25) is 0 Å². The van der Waals surface area contributed by atoms with E-state index in [1.165, 1.54) is 0 Å². The number of carboxylic acid groups (broad SMARTS) is 1. The van der Waals surface area contributed by atoms with Gasteiger partial charge in [-0.05, 0) is 43.4 Å². The topological polar surface area (TPSA) is 69.6 Å². The Labute approximate surface area is 134 Å². The highest BCUT2D eigenvalue weighted by atomic mass is 35.5. The minimum Gasteiger partial charge on any atom is -0.481 e. The zero-order valence-electron chi connectivity index (χ0n) is 12.4. The van der Waals surface area contributed by atoms with E-state index in [0.29, 0.717) is 23.7 Å². The number of nitrogens with zero attached hydrogens (tertiary/aromatic N) is 1. The molecule has 1 aromatic carbocycles. The Bertz CT molecular complexity index is 634. The van der Waals surface area contributed by atoms with Gasteiger partial charge < -0.3 is 15.3 Å². The lowest BCUT2D eigenvalue weighted by molar-refractivity contribution is -0.149. The van der Waals surface area contributed by atoms with E-state index >= 15 is 0 Å². The summed E-state index contributed by atoms with van der Waals surface area (Å²) >= 11 is 6.09. The molecule has 1 saturated heterocycles. The van der Waals surface area contributed by atoms with Crippen LogP contribution in [0, 0.1) is 18.3 Å². The molecular weight excluding hydrogens is 304 g/mol. The highest BCUT2D eigenvalue weighted by Gasteiger charge is 2.55. The number of halogens is 1. The highest BCUT2D eigenvalue weighted by Crippen LogP contribution is 2.49. The fourth-order valence-corrected chi connectivity index (χ4v) is 3.89. The van der Waals surface area contributed by atoms with Gasteiger partial charge in [-0.1, -0.05) is 24.1 Å². The fourth-order valence-electron chi connectivity index (χ4n) is 3.72. The van der Waals surface area contributed by atoms with Crippen molar-refractivity contribution < 1.29 is 14.7 Å². The summed E-state index contributed by atoms with van der Waals surface area (Å²) in [4.78, 5) is 25.7. The van der Waals surface area contributed by atoms with Gasteiger partial charge in [-0.15, -0.1) is 0 Å². The first-order valence-corrected chi connectivity index (χ1v) is 7.86. The maximum absolute atomic E-state index is 12.4. The van der Waals surface area contributed by atoms with E-state index in [1.54, 1.807) is 11.0 Å². The SMILES string of the molecule is Cc1ccc(Cl)c(NC(=O)N2C[C@@H]3CCC[C@@]3(C(=O)O)C2)c1. The first-order valence-electron chi connectivity index (χ1n) is 7.48. The second kappa shape index (κ2) is 5.47. The number of carbonyl (C=O) groups excluding carboxylic acids is 1. The van der Waals surface area contributed by atoms with Gasteiger partial charge in [-0.2, -0.15) is 0 Å². The smallest absolute Gasteiger partial charge is 0.321 e. The number of amides is 2. The van der Waals surface area contributed by atoms with Crippen molar-refractivity contribution in [3.63, 3.8) is 0 Å². The molecular formula is C16H19ClN2O3. The van der Waals surface area contributed by atoms with Crippen molar-refractivity contribution in [1.29, 1.82) is 0 Å². The highest BCUT2D eigenvalue weighted by molar-refractivity contribution is 6.33. The maximum atomic E-state index is 12.4. The minimum atomic E-state index is -0.779. The number of nitrogens with one attached hydrogen (secondary N) is 1. The van der Waals surface area contributed by atoms with Crippen molar-refractivity contribution in [3.8, 4) is 0 Å². The molecule has 2 amide bonds. The van der Waals surface area contributed by atoms with Crippen molar-refractivity contribution in [3.05, 3.63) is 28.8 Å². The van der Waals surface area contributed by atoms with Crippen molar-refractivity contribution in [2.75, 3.05) is 18.4 Å². The summed E-state index contributed by atoms with van der Waals surface area (Å²) in [6.07, 6.45) is 2.46. The van der Waals surface area contributed by atoms with Crippen LogP contribution in [-0.4, -0.2) is 35.1 Å². The molecule has 0 aromatic heterocycles. The summed E-state index contributed by atoms with van der Waals surface area (Å²) in [6, 6.07) is 5.15. The van der Waals surface area contributed by atoms with Gasteiger partial charge in [0.1, 0.15) is 0 Å². The summed E-state index contributed by atoms with van der Waals surface area (Å²) in [5.74, 6) is -0.720. The first kappa shape index (κ1) is 15.2. The molecule has 2 N–H and O–H groups in total. The largest absolute Gasteiger partial charge is 0.481 e. The number of benzene rings is 1. The Morgan fingerprint density at radius 2 is 2.23 bits per heavy atom. The number of rotatable bonds is 2. The fraction of sp³-hybridized carbons (Fsp3) is 0.500. The minimum absolute atomic E-state index is 0.0590. The lowest BCUT2D eigenvalue weighted by atomic mass is 9.81. The van der Waals surface area contributed by atoms with Crippen LogP contribution in [-0.2, 0) is 4.79 Å². The van der Waals surface area contributed by atoms with Gasteiger partial charge in [0.15, 0.2) is 0 Å². The van der Waals surface area contributed by atoms with Crippen molar-refractivity contribution in [2.45, 2.75) is 26.2 Å². The van der Waals surface area contributed by atoms with E-state index in [9.17, 15) is 14.7 Å². The number of hydrogen-bond donors (Lipinski definition) is 2. The van der Waals surface area contributed by atoms with Gasteiger partial charge >= 0.3 is 12.0 Å². The van der Waals surface area contributed by atoms with Crippen LogP contribution < -0.4 is 5.32 Å². The predicted molar refractivity (Wildman–Crippen MR) is 84.2 cm³/mol. The Kier molecular flexibility index (Phi) is 3.77. The monoisotopic (exact) mass is 322 g/mol. The standard InChI is InChI=1S/C16H19ClN2O3/c1-10-4-5-12(17)13(7-10)18-15(22)19-8-11-3-2-6-16(11,9-19)14(20)21/h4-5,7,11H,2-3,6,8-9H2,1H3,(H,18,22)(H,20,21)/t11-,16+/m0/s1. The number of likely N-dealkylation sites (tertiary alicyclic amines) is 1. The average molecular weight is 323 g/mol. The normalized spacial score (nSPS) is 26.8. The van der Waals surface area contributed by atoms with Gasteiger partial charge in [-0.3, -0.25) is 4.79 Å². The third kappa shape index (κ3) is 2.43. The number of aliphatic carboxylic acids is 1. The molecule has 3 rings (SSSR count). The van der Waals surface area contributed by atoms with E-state index in [-0.39, 0.29) is 18.5 Å². The summed E-state index contributed by atoms with van der Waals surface area (Å²) in [7, 11) is 0. The van der Waals surface area contributed by atoms with E-state index in [2.05, 4.69) is 5.32 Å². The van der Waals surface area contributed by atoms with Gasteiger partial charge in [0.25, 0.3) is 0 Å². The Balaban J connectivity index is 1.75. The van der Waals surface area contributed by atoms with Crippen molar-refractivity contribution in [1.82, 2.24) is 4.90 Å². The van der Waals surface area contributed by atoms with Crippen LogP contribution in [0.3, 0.4) is 0 Å². The number of urea groups is 1. The molecule has 2 fully saturated rings. The van der Waals surface area contributed by atoms with Crippen LogP contribution in [0.5, 0.6) is 0 Å².